The van der Waals surface area contributed by atoms with Crippen molar-refractivity contribution in [1.82, 2.24) is 0 Å². The van der Waals surface area contributed by atoms with E-state index in [9.17, 15) is 0 Å². The van der Waals surface area contributed by atoms with Crippen LogP contribution >= 0.6 is 0 Å². The van der Waals surface area contributed by atoms with Crippen molar-refractivity contribution in [3.8, 4) is 0 Å². The third-order valence-corrected chi connectivity index (χ3v) is 5.94. The van der Waals surface area contributed by atoms with Gasteiger partial charge in [0, 0.05) is 0 Å². The van der Waals surface area contributed by atoms with E-state index >= 15 is 0 Å². The number of hydrogen-bond donors (Lipinski definition) is 0. The van der Waals surface area contributed by atoms with Gasteiger partial charge < -0.3 is 0 Å². The first kappa shape index (κ1) is 12.1. The zero-order valence-electron chi connectivity index (χ0n) is 10.4. The molecule has 0 N–H and O–H groups in total. The molecule has 17 heavy (non-hydrogen) atoms. The van der Waals surface area contributed by atoms with E-state index in [1.54, 1.807) is 0 Å². The van der Waals surface area contributed by atoms with Gasteiger partial charge in [0.05, 0.1) is 0 Å². The third-order valence-electron chi connectivity index (χ3n) is 3.02. The van der Waals surface area contributed by atoms with Crippen LogP contribution in [-0.4, -0.2) is 8.80 Å². The summed E-state index contributed by atoms with van der Waals surface area (Å²) in [5, 5.41) is 3.08. The monoisotopic (exact) mass is 239 g/mol. The Morgan fingerprint density at radius 2 is 1.24 bits per heavy atom. The molecule has 0 saturated carbocycles. The molecular formula is C16H19Si. The van der Waals surface area contributed by atoms with Crippen molar-refractivity contribution in [3.05, 3.63) is 60.7 Å². The second-order valence-corrected chi connectivity index (χ2v) is 6.93. The minimum absolute atomic E-state index is 0.562. The van der Waals surface area contributed by atoms with Crippen LogP contribution in [-0.2, 0) is 0 Å². The average molecular weight is 239 g/mol. The Bertz CT molecular complexity index is 382. The lowest BCUT2D eigenvalue weighted by atomic mass is 10.4. The minimum atomic E-state index is -0.562. The predicted octanol–water partition coefficient (Wildman–Crippen LogP) is 3.10. The molecule has 0 nitrogen and oxygen atoms in total. The summed E-state index contributed by atoms with van der Waals surface area (Å²) >= 11 is 0. The molecule has 0 aliphatic carbocycles. The molecule has 2 aromatic rings. The van der Waals surface area contributed by atoms with Gasteiger partial charge in [-0.2, -0.15) is 0 Å². The van der Waals surface area contributed by atoms with E-state index in [0.717, 1.165) is 0 Å². The van der Waals surface area contributed by atoms with Gasteiger partial charge in [-0.15, -0.1) is 0 Å². The minimum Gasteiger partial charge on any atom is -0.0654 e. The molecule has 2 rings (SSSR count). The largest absolute Gasteiger partial charge is 0.121 e. The summed E-state index contributed by atoms with van der Waals surface area (Å²) in [6.07, 6.45) is 2.62. The molecule has 0 aromatic heterocycles. The first-order valence-electron chi connectivity index (χ1n) is 6.38. The molecule has 1 heteroatoms. The summed E-state index contributed by atoms with van der Waals surface area (Å²) in [7, 11) is -0.562. The topological polar surface area (TPSA) is 0 Å². The SMILES string of the molecule is CCCC[Si](c1ccccc1)c1ccccc1. The predicted molar refractivity (Wildman–Crippen MR) is 77.6 cm³/mol. The number of unbranched alkanes of at least 4 members (excludes halogenated alkanes) is 1. The quantitative estimate of drug-likeness (QED) is 0.703. The van der Waals surface area contributed by atoms with Crippen LogP contribution in [0.15, 0.2) is 60.7 Å². The maximum atomic E-state index is 2.29. The molecule has 0 bridgehead atoms. The van der Waals surface area contributed by atoms with E-state index in [2.05, 4.69) is 67.6 Å². The van der Waals surface area contributed by atoms with Gasteiger partial charge >= 0.3 is 0 Å². The lowest BCUT2D eigenvalue weighted by molar-refractivity contribution is 0.878. The van der Waals surface area contributed by atoms with Crippen molar-refractivity contribution >= 4 is 19.2 Å². The molecule has 0 aliphatic rings. The first-order valence-corrected chi connectivity index (χ1v) is 8.09. The van der Waals surface area contributed by atoms with Gasteiger partial charge in [0.2, 0.25) is 0 Å². The maximum absolute atomic E-state index is 2.29. The molecule has 0 spiro atoms. The van der Waals surface area contributed by atoms with Crippen LogP contribution in [0.3, 0.4) is 0 Å². The van der Waals surface area contributed by atoms with E-state index in [1.807, 2.05) is 0 Å². The van der Waals surface area contributed by atoms with E-state index < -0.39 is 8.80 Å². The highest BCUT2D eigenvalue weighted by molar-refractivity contribution is 6.85. The number of benzene rings is 2. The van der Waals surface area contributed by atoms with E-state index in [-0.39, 0.29) is 0 Å². The summed E-state index contributed by atoms with van der Waals surface area (Å²) in [6.45, 7) is 2.27. The fourth-order valence-electron chi connectivity index (χ4n) is 2.09. The molecular weight excluding hydrogens is 220 g/mol. The molecule has 2 aromatic carbocycles. The summed E-state index contributed by atoms with van der Waals surface area (Å²) < 4.78 is 0. The van der Waals surface area contributed by atoms with Gasteiger partial charge in [-0.3, -0.25) is 0 Å². The van der Waals surface area contributed by atoms with Gasteiger partial charge in [-0.05, 0) is 0 Å². The maximum Gasteiger partial charge on any atom is 0.121 e. The smallest absolute Gasteiger partial charge is 0.0654 e. The van der Waals surface area contributed by atoms with Gasteiger partial charge in [0.15, 0.2) is 0 Å². The zero-order valence-corrected chi connectivity index (χ0v) is 11.4. The summed E-state index contributed by atoms with van der Waals surface area (Å²) in [6, 6.07) is 23.4. The van der Waals surface area contributed by atoms with Gasteiger partial charge in [0.25, 0.3) is 0 Å². The lowest BCUT2D eigenvalue weighted by Crippen LogP contribution is -2.41. The van der Waals surface area contributed by atoms with Crippen LogP contribution in [0.1, 0.15) is 19.8 Å². The second kappa shape index (κ2) is 6.41. The molecule has 0 amide bonds. The van der Waals surface area contributed by atoms with E-state index in [0.29, 0.717) is 0 Å². The van der Waals surface area contributed by atoms with Crippen molar-refractivity contribution < 1.29 is 0 Å². The Morgan fingerprint density at radius 1 is 0.765 bits per heavy atom. The molecule has 0 saturated heterocycles. The van der Waals surface area contributed by atoms with Crippen LogP contribution in [0.4, 0.5) is 0 Å². The average Bonchev–Trinajstić information content (AvgIpc) is 2.42. The Balaban J connectivity index is 2.26. The highest BCUT2D eigenvalue weighted by Gasteiger charge is 2.15. The number of rotatable bonds is 5. The Morgan fingerprint density at radius 3 is 1.65 bits per heavy atom. The number of hydrogen-bond acceptors (Lipinski definition) is 0. The van der Waals surface area contributed by atoms with Gasteiger partial charge in [-0.1, -0.05) is 96.8 Å². The zero-order chi connectivity index (χ0) is 11.9. The Kier molecular flexibility index (Phi) is 4.57. The normalized spacial score (nSPS) is 10.7. The molecule has 87 valence electrons. The second-order valence-electron chi connectivity index (χ2n) is 4.31. The van der Waals surface area contributed by atoms with Crippen molar-refractivity contribution in [2.24, 2.45) is 0 Å². The molecule has 0 aliphatic heterocycles. The van der Waals surface area contributed by atoms with E-state index in [4.69, 9.17) is 0 Å². The summed E-state index contributed by atoms with van der Waals surface area (Å²) in [5.41, 5.74) is 0. The highest BCUT2D eigenvalue weighted by Crippen LogP contribution is 2.03. The fraction of sp³-hybridized carbons (Fsp3) is 0.250. The fourth-order valence-corrected chi connectivity index (χ4v) is 4.89. The van der Waals surface area contributed by atoms with Crippen LogP contribution in [0.2, 0.25) is 6.04 Å². The molecule has 0 atom stereocenters. The molecule has 0 unspecified atom stereocenters. The Hall–Kier alpha value is -1.34. The molecule has 0 fully saturated rings. The van der Waals surface area contributed by atoms with Crippen molar-refractivity contribution in [2.45, 2.75) is 25.8 Å². The van der Waals surface area contributed by atoms with Crippen LogP contribution < -0.4 is 10.4 Å². The van der Waals surface area contributed by atoms with Crippen LogP contribution in [0.25, 0.3) is 0 Å². The van der Waals surface area contributed by atoms with Crippen LogP contribution in [0.5, 0.6) is 0 Å². The summed E-state index contributed by atoms with van der Waals surface area (Å²) in [5.74, 6) is 0. The summed E-state index contributed by atoms with van der Waals surface area (Å²) in [4.78, 5) is 0. The van der Waals surface area contributed by atoms with Crippen molar-refractivity contribution in [1.29, 1.82) is 0 Å². The van der Waals surface area contributed by atoms with Crippen LogP contribution in [0, 0.1) is 0 Å². The highest BCUT2D eigenvalue weighted by atomic mass is 28.3. The Labute approximate surface area is 106 Å². The van der Waals surface area contributed by atoms with E-state index in [1.165, 1.54) is 29.3 Å². The van der Waals surface area contributed by atoms with Crippen molar-refractivity contribution in [3.63, 3.8) is 0 Å². The van der Waals surface area contributed by atoms with Gasteiger partial charge in [0.1, 0.15) is 8.80 Å². The van der Waals surface area contributed by atoms with Gasteiger partial charge in [-0.25, -0.2) is 0 Å². The van der Waals surface area contributed by atoms with Crippen molar-refractivity contribution in [2.75, 3.05) is 0 Å². The molecule has 0 heterocycles. The standard InChI is InChI=1S/C16H19Si/c1-2-3-14-17(15-10-6-4-7-11-15)16-12-8-5-9-13-16/h4-13H,2-3,14H2,1H3. The molecule has 1 radical (unpaired) electrons. The third kappa shape index (κ3) is 3.30. The lowest BCUT2D eigenvalue weighted by Gasteiger charge is -2.15. The first-order chi connectivity index (χ1) is 8.42.